The molecule has 4 heteroatoms. The van der Waals surface area contributed by atoms with Gasteiger partial charge in [0.2, 0.25) is 0 Å². The van der Waals surface area contributed by atoms with Gasteiger partial charge in [-0.25, -0.2) is 9.59 Å². The Bertz CT molecular complexity index is 998. The third-order valence-electron chi connectivity index (χ3n) is 4.83. The van der Waals surface area contributed by atoms with E-state index in [1.54, 1.807) is 13.8 Å². The Hall–Kier alpha value is -3.14. The Morgan fingerprint density at radius 1 is 0.857 bits per heavy atom. The van der Waals surface area contributed by atoms with Gasteiger partial charge in [-0.2, -0.15) is 0 Å². The summed E-state index contributed by atoms with van der Waals surface area (Å²) in [4.78, 5) is 23.7. The molecule has 0 heterocycles. The van der Waals surface area contributed by atoms with Crippen molar-refractivity contribution in [3.63, 3.8) is 0 Å². The second kappa shape index (κ2) is 7.85. The lowest BCUT2D eigenvalue weighted by Crippen LogP contribution is -2.10. The number of benzene rings is 2. The number of carbonyl (C=O) groups excluding carboxylic acids is 2. The zero-order valence-electron chi connectivity index (χ0n) is 16.6. The molecule has 0 bridgehead atoms. The summed E-state index contributed by atoms with van der Waals surface area (Å²) in [5.41, 5.74) is 6.07. The molecule has 4 nitrogen and oxygen atoms in total. The molecule has 1 aliphatic carbocycles. The van der Waals surface area contributed by atoms with Crippen molar-refractivity contribution in [2.45, 2.75) is 40.0 Å². The third kappa shape index (κ3) is 3.91. The van der Waals surface area contributed by atoms with Crippen LogP contribution in [0.3, 0.4) is 0 Å². The van der Waals surface area contributed by atoms with Gasteiger partial charge >= 0.3 is 11.9 Å². The fraction of sp³-hybridized carbons (Fsp3) is 0.250. The van der Waals surface area contributed by atoms with Crippen LogP contribution in [0.5, 0.6) is 11.5 Å². The quantitative estimate of drug-likeness (QED) is 0.413. The first-order valence-corrected chi connectivity index (χ1v) is 9.29. The van der Waals surface area contributed by atoms with Crippen molar-refractivity contribution in [3.8, 4) is 22.6 Å². The second-order valence-electron chi connectivity index (χ2n) is 7.24. The summed E-state index contributed by atoms with van der Waals surface area (Å²) in [7, 11) is 0. The number of esters is 2. The highest BCUT2D eigenvalue weighted by atomic mass is 16.5. The van der Waals surface area contributed by atoms with Gasteiger partial charge in [-0.05, 0) is 86.1 Å². The van der Waals surface area contributed by atoms with Gasteiger partial charge in [0, 0.05) is 11.1 Å². The number of carbonyl (C=O) groups is 2. The fourth-order valence-electron chi connectivity index (χ4n) is 3.34. The molecule has 0 atom stereocenters. The molecule has 2 aromatic carbocycles. The van der Waals surface area contributed by atoms with Crippen LogP contribution in [0.1, 0.15) is 37.0 Å². The summed E-state index contributed by atoms with van der Waals surface area (Å²) in [5, 5.41) is 0. The van der Waals surface area contributed by atoms with Crippen molar-refractivity contribution >= 4 is 11.9 Å². The summed E-state index contributed by atoms with van der Waals surface area (Å²) >= 11 is 0. The van der Waals surface area contributed by atoms with Gasteiger partial charge < -0.3 is 9.47 Å². The first-order valence-electron chi connectivity index (χ1n) is 9.29. The van der Waals surface area contributed by atoms with E-state index in [0.29, 0.717) is 22.6 Å². The van der Waals surface area contributed by atoms with Crippen LogP contribution < -0.4 is 9.47 Å². The van der Waals surface area contributed by atoms with E-state index >= 15 is 0 Å². The molecule has 0 aromatic heterocycles. The molecule has 0 spiro atoms. The van der Waals surface area contributed by atoms with Crippen LogP contribution in [0.4, 0.5) is 0 Å². The minimum atomic E-state index is -0.430. The molecule has 0 aliphatic heterocycles. The lowest BCUT2D eigenvalue weighted by atomic mass is 9.95. The topological polar surface area (TPSA) is 52.6 Å². The van der Waals surface area contributed by atoms with E-state index in [2.05, 4.69) is 13.2 Å². The van der Waals surface area contributed by atoms with E-state index in [4.69, 9.17) is 9.47 Å². The Kier molecular flexibility index (Phi) is 5.50. The molecule has 0 radical (unpaired) electrons. The number of aryl methyl sites for hydroxylation is 1. The summed E-state index contributed by atoms with van der Waals surface area (Å²) in [5.74, 6) is 0.315. The molecule has 2 aromatic rings. The van der Waals surface area contributed by atoms with Gasteiger partial charge in [0.05, 0.1) is 0 Å². The number of ether oxygens (including phenoxy) is 2. The zero-order chi connectivity index (χ0) is 20.4. The average Bonchev–Trinajstić information content (AvgIpc) is 3.13. The van der Waals surface area contributed by atoms with Crippen LogP contribution >= 0.6 is 0 Å². The molecule has 0 unspecified atom stereocenters. The van der Waals surface area contributed by atoms with Crippen LogP contribution in [0.25, 0.3) is 11.1 Å². The van der Waals surface area contributed by atoms with E-state index in [1.165, 1.54) is 5.56 Å². The summed E-state index contributed by atoms with van der Waals surface area (Å²) < 4.78 is 10.9. The van der Waals surface area contributed by atoms with Crippen molar-refractivity contribution in [3.05, 3.63) is 71.3 Å². The summed E-state index contributed by atoms with van der Waals surface area (Å²) in [6, 6.07) is 9.60. The molecule has 0 N–H and O–H groups in total. The number of fused-ring (bicyclic) bond motifs is 1. The SMILES string of the molecule is C=C(C)C(=O)Oc1ccc(-c2ccc(OC(=O)C(=C)C)c3c2CCC3)cc1C. The van der Waals surface area contributed by atoms with Crippen molar-refractivity contribution in [1.82, 2.24) is 0 Å². The van der Waals surface area contributed by atoms with Crippen LogP contribution in [0, 0.1) is 6.92 Å². The Morgan fingerprint density at radius 3 is 2.04 bits per heavy atom. The van der Waals surface area contributed by atoms with Gasteiger partial charge in [-0.3, -0.25) is 0 Å². The van der Waals surface area contributed by atoms with E-state index in [0.717, 1.165) is 41.5 Å². The molecule has 1 aliphatic rings. The normalized spacial score (nSPS) is 12.2. The molecule has 0 saturated carbocycles. The highest BCUT2D eigenvalue weighted by Crippen LogP contribution is 2.39. The maximum atomic E-state index is 11.9. The van der Waals surface area contributed by atoms with Crippen LogP contribution in [0.15, 0.2) is 54.6 Å². The lowest BCUT2D eigenvalue weighted by molar-refractivity contribution is -0.131. The fourth-order valence-corrected chi connectivity index (χ4v) is 3.34. The molecule has 0 amide bonds. The predicted molar refractivity (Wildman–Crippen MR) is 110 cm³/mol. The molecular weight excluding hydrogens is 352 g/mol. The molecule has 144 valence electrons. The van der Waals surface area contributed by atoms with E-state index in [-0.39, 0.29) is 0 Å². The number of hydrogen-bond donors (Lipinski definition) is 0. The summed E-state index contributed by atoms with van der Waals surface area (Å²) in [6.07, 6.45) is 2.85. The largest absolute Gasteiger partial charge is 0.423 e. The van der Waals surface area contributed by atoms with E-state index in [1.807, 2.05) is 37.3 Å². The van der Waals surface area contributed by atoms with Crippen molar-refractivity contribution in [2.24, 2.45) is 0 Å². The van der Waals surface area contributed by atoms with Gasteiger partial charge in [0.25, 0.3) is 0 Å². The van der Waals surface area contributed by atoms with Crippen LogP contribution in [-0.4, -0.2) is 11.9 Å². The zero-order valence-corrected chi connectivity index (χ0v) is 16.6. The second-order valence-corrected chi connectivity index (χ2v) is 7.24. The lowest BCUT2D eigenvalue weighted by Gasteiger charge is -2.15. The van der Waals surface area contributed by atoms with Crippen LogP contribution in [-0.2, 0) is 22.4 Å². The number of hydrogen-bond acceptors (Lipinski definition) is 4. The summed E-state index contributed by atoms with van der Waals surface area (Å²) in [6.45, 7) is 12.4. The molecule has 0 saturated heterocycles. The van der Waals surface area contributed by atoms with Gasteiger partial charge in [-0.1, -0.05) is 25.3 Å². The van der Waals surface area contributed by atoms with Gasteiger partial charge in [0.1, 0.15) is 11.5 Å². The Balaban J connectivity index is 1.94. The minimum absolute atomic E-state index is 0.362. The number of rotatable bonds is 5. The maximum absolute atomic E-state index is 11.9. The molecule has 28 heavy (non-hydrogen) atoms. The highest BCUT2D eigenvalue weighted by Gasteiger charge is 2.22. The highest BCUT2D eigenvalue weighted by molar-refractivity contribution is 5.90. The van der Waals surface area contributed by atoms with Gasteiger partial charge in [-0.15, -0.1) is 0 Å². The smallest absolute Gasteiger partial charge is 0.338 e. The first kappa shape index (κ1) is 19.6. The third-order valence-corrected chi connectivity index (χ3v) is 4.83. The van der Waals surface area contributed by atoms with Crippen molar-refractivity contribution in [2.75, 3.05) is 0 Å². The molecule has 3 rings (SSSR count). The van der Waals surface area contributed by atoms with Crippen LogP contribution in [0.2, 0.25) is 0 Å². The average molecular weight is 376 g/mol. The monoisotopic (exact) mass is 376 g/mol. The molecular formula is C24H24O4. The van der Waals surface area contributed by atoms with Crippen molar-refractivity contribution < 1.29 is 19.1 Å². The Morgan fingerprint density at radius 2 is 1.43 bits per heavy atom. The minimum Gasteiger partial charge on any atom is -0.423 e. The van der Waals surface area contributed by atoms with Crippen molar-refractivity contribution in [1.29, 1.82) is 0 Å². The predicted octanol–water partition coefficient (Wildman–Crippen LogP) is 5.11. The molecule has 0 fully saturated rings. The maximum Gasteiger partial charge on any atom is 0.338 e. The first-order chi connectivity index (χ1) is 13.3. The Labute approximate surface area is 165 Å². The standard InChI is InChI=1S/C24H24O4/c1-14(2)23(25)27-21-11-9-17(13-16(21)5)18-10-12-22(28-24(26)15(3)4)20-8-6-7-19(18)20/h9-13H,1,3,6-8H2,2,4-5H3. The van der Waals surface area contributed by atoms with E-state index in [9.17, 15) is 9.59 Å². The van der Waals surface area contributed by atoms with Gasteiger partial charge in [0.15, 0.2) is 0 Å². The van der Waals surface area contributed by atoms with E-state index < -0.39 is 11.9 Å².